The molecule has 2 aromatic rings. The number of halogens is 4. The highest BCUT2D eigenvalue weighted by Crippen LogP contribution is 2.26. The molecule has 156 valence electrons. The molecule has 1 aliphatic heterocycles. The molecule has 1 heterocycles. The zero-order chi connectivity index (χ0) is 21.8. The Morgan fingerprint density at radius 1 is 1.00 bits per heavy atom. The van der Waals surface area contributed by atoms with Crippen molar-refractivity contribution in [1.82, 2.24) is 4.90 Å². The summed E-state index contributed by atoms with van der Waals surface area (Å²) in [5.41, 5.74) is 0.835. The van der Waals surface area contributed by atoms with Gasteiger partial charge in [-0.15, -0.1) is 0 Å². The van der Waals surface area contributed by atoms with Crippen LogP contribution in [0.15, 0.2) is 56.5 Å². The summed E-state index contributed by atoms with van der Waals surface area (Å²) in [6, 6.07) is 8.94. The molecule has 0 aromatic heterocycles. The highest BCUT2D eigenvalue weighted by molar-refractivity contribution is 9.10. The Morgan fingerprint density at radius 2 is 1.47 bits per heavy atom. The molecule has 2 aromatic carbocycles. The first-order valence-electron chi connectivity index (χ1n) is 9.06. The smallest absolute Gasteiger partial charge is 0.410 e. The summed E-state index contributed by atoms with van der Waals surface area (Å²) in [7, 11) is 0. The normalized spacial score (nSPS) is 17.0. The molecule has 3 rings (SSSR count). The molecule has 4 nitrogen and oxygen atoms in total. The van der Waals surface area contributed by atoms with Crippen molar-refractivity contribution in [3.8, 4) is 0 Å². The van der Waals surface area contributed by atoms with Gasteiger partial charge in [-0.2, -0.15) is 0 Å². The summed E-state index contributed by atoms with van der Waals surface area (Å²) in [5.74, 6) is -1.40. The maximum absolute atomic E-state index is 14.3. The largest absolute Gasteiger partial charge is 0.450 e. The predicted molar refractivity (Wildman–Crippen MR) is 118 cm³/mol. The molecule has 1 amide bonds. The van der Waals surface area contributed by atoms with Gasteiger partial charge in [0.15, 0.2) is 5.78 Å². The zero-order valence-corrected chi connectivity index (χ0v) is 19.1. The average Bonchev–Trinajstić information content (AvgIpc) is 2.69. The van der Waals surface area contributed by atoms with Crippen molar-refractivity contribution in [1.29, 1.82) is 0 Å². The van der Waals surface area contributed by atoms with Gasteiger partial charge in [0.05, 0.1) is 19.7 Å². The van der Waals surface area contributed by atoms with Gasteiger partial charge < -0.3 is 4.74 Å². The Kier molecular flexibility index (Phi) is 7.20. The summed E-state index contributed by atoms with van der Waals surface area (Å²) < 4.78 is 34.8. The van der Waals surface area contributed by atoms with Crippen LogP contribution in [0.2, 0.25) is 0 Å². The van der Waals surface area contributed by atoms with E-state index in [4.69, 9.17) is 4.74 Å². The number of ether oxygens (including phenoxy) is 1. The molecular weight excluding hydrogens is 524 g/mol. The molecule has 0 unspecified atom stereocenters. The van der Waals surface area contributed by atoms with Crippen LogP contribution in [-0.4, -0.2) is 36.5 Å². The molecule has 0 saturated carbocycles. The second-order valence-corrected chi connectivity index (χ2v) is 8.39. The van der Waals surface area contributed by atoms with E-state index < -0.39 is 17.7 Å². The molecule has 1 fully saturated rings. The number of piperidine rings is 1. The van der Waals surface area contributed by atoms with Crippen molar-refractivity contribution in [2.45, 2.75) is 6.92 Å². The first-order valence-corrected chi connectivity index (χ1v) is 10.6. The minimum Gasteiger partial charge on any atom is -0.450 e. The van der Waals surface area contributed by atoms with Crippen molar-refractivity contribution < 1.29 is 23.1 Å². The lowest BCUT2D eigenvalue weighted by Gasteiger charge is -2.29. The van der Waals surface area contributed by atoms with Gasteiger partial charge in [-0.3, -0.25) is 9.69 Å². The summed E-state index contributed by atoms with van der Waals surface area (Å²) >= 11 is 6.39. The van der Waals surface area contributed by atoms with Gasteiger partial charge in [0.2, 0.25) is 0 Å². The lowest BCUT2D eigenvalue weighted by atomic mass is 9.94. The van der Waals surface area contributed by atoms with Crippen molar-refractivity contribution in [3.05, 3.63) is 79.3 Å². The summed E-state index contributed by atoms with van der Waals surface area (Å²) in [4.78, 5) is 26.7. The van der Waals surface area contributed by atoms with Gasteiger partial charge in [0, 0.05) is 31.2 Å². The van der Waals surface area contributed by atoms with E-state index in [1.165, 1.54) is 41.3 Å². The number of hydrogen-bond acceptors (Lipinski definition) is 3. The van der Waals surface area contributed by atoms with Crippen LogP contribution in [0, 0.1) is 11.6 Å². The van der Waals surface area contributed by atoms with E-state index in [1.54, 1.807) is 19.1 Å². The molecule has 0 N–H and O–H groups in total. The monoisotopic (exact) mass is 539 g/mol. The quantitative estimate of drug-likeness (QED) is 0.449. The summed E-state index contributed by atoms with van der Waals surface area (Å²) in [6.07, 6.45) is 2.21. The molecule has 0 spiro atoms. The number of Topliss-reactive ketones (excluding diaryl/α,β-unsaturated/α-hetero) is 1. The van der Waals surface area contributed by atoms with Crippen molar-refractivity contribution in [2.24, 2.45) is 0 Å². The van der Waals surface area contributed by atoms with E-state index in [0.717, 1.165) is 0 Å². The first-order chi connectivity index (χ1) is 14.3. The number of amides is 1. The first kappa shape index (κ1) is 22.4. The van der Waals surface area contributed by atoms with Crippen LogP contribution in [0.25, 0.3) is 12.2 Å². The van der Waals surface area contributed by atoms with Gasteiger partial charge in [0.1, 0.15) is 11.6 Å². The molecule has 0 aliphatic carbocycles. The number of likely N-dealkylation sites (tertiary alicyclic amines) is 1. The van der Waals surface area contributed by atoms with Crippen LogP contribution in [0.3, 0.4) is 0 Å². The van der Waals surface area contributed by atoms with Crippen molar-refractivity contribution >= 4 is 55.9 Å². The van der Waals surface area contributed by atoms with Gasteiger partial charge in [0.25, 0.3) is 0 Å². The third kappa shape index (κ3) is 5.23. The highest BCUT2D eigenvalue weighted by Gasteiger charge is 2.30. The van der Waals surface area contributed by atoms with E-state index in [-0.39, 0.29) is 47.8 Å². The number of carbonyl (C=O) groups excluding carboxylic acids is 2. The van der Waals surface area contributed by atoms with Crippen LogP contribution in [0.5, 0.6) is 0 Å². The third-order valence-electron chi connectivity index (χ3n) is 4.42. The molecule has 0 bridgehead atoms. The maximum atomic E-state index is 14.3. The lowest BCUT2D eigenvalue weighted by Crippen LogP contribution is -2.41. The van der Waals surface area contributed by atoms with Gasteiger partial charge in [-0.1, -0.05) is 44.0 Å². The number of nitrogens with zero attached hydrogens (tertiary/aromatic N) is 1. The Bertz CT molecular complexity index is 993. The molecule has 8 heteroatoms. The standard InChI is InChI=1S/C22H17Br2F2NO3/c1-2-30-22(29)27-11-15(7-13-3-5-17(23)9-19(13)25)21(28)16(12-27)8-14-4-6-18(24)10-20(14)26/h3-10H,2,11-12H2,1H3/b15-7-,16-8-. The minimum absolute atomic E-state index is 0.0344. The number of benzene rings is 2. The van der Waals surface area contributed by atoms with Crippen LogP contribution in [0.4, 0.5) is 13.6 Å². The third-order valence-corrected chi connectivity index (χ3v) is 5.40. The lowest BCUT2D eigenvalue weighted by molar-refractivity contribution is -0.113. The molecule has 0 atom stereocenters. The van der Waals surface area contributed by atoms with E-state index in [2.05, 4.69) is 31.9 Å². The number of carbonyl (C=O) groups is 2. The minimum atomic E-state index is -0.602. The van der Waals surface area contributed by atoms with Crippen LogP contribution < -0.4 is 0 Å². The fourth-order valence-electron chi connectivity index (χ4n) is 3.00. The fourth-order valence-corrected chi connectivity index (χ4v) is 3.66. The van der Waals surface area contributed by atoms with Crippen LogP contribution >= 0.6 is 31.9 Å². The Labute approximate surface area is 189 Å². The second-order valence-electron chi connectivity index (χ2n) is 6.55. The van der Waals surface area contributed by atoms with E-state index in [9.17, 15) is 18.4 Å². The fraction of sp³-hybridized carbons (Fsp3) is 0.182. The second kappa shape index (κ2) is 9.66. The SMILES string of the molecule is CCOC(=O)N1C/C(=C/c2ccc(Br)cc2F)C(=O)/C(=C\c2ccc(Br)cc2F)C1. The van der Waals surface area contributed by atoms with Gasteiger partial charge >= 0.3 is 6.09 Å². The summed E-state index contributed by atoms with van der Waals surface area (Å²) in [6.45, 7) is 1.78. The molecule has 30 heavy (non-hydrogen) atoms. The molecular formula is C22H17Br2F2NO3. The van der Waals surface area contributed by atoms with Gasteiger partial charge in [-0.05, 0) is 43.3 Å². The average molecular weight is 541 g/mol. The predicted octanol–water partition coefficient (Wildman–Crippen LogP) is 6.00. The molecule has 1 aliphatic rings. The van der Waals surface area contributed by atoms with E-state index in [1.807, 2.05) is 0 Å². The van der Waals surface area contributed by atoms with Crippen LogP contribution in [-0.2, 0) is 9.53 Å². The number of rotatable bonds is 3. The number of ketones is 1. The zero-order valence-electron chi connectivity index (χ0n) is 15.9. The van der Waals surface area contributed by atoms with Crippen LogP contribution in [0.1, 0.15) is 18.1 Å². The van der Waals surface area contributed by atoms with Crippen molar-refractivity contribution in [3.63, 3.8) is 0 Å². The number of hydrogen-bond donors (Lipinski definition) is 0. The topological polar surface area (TPSA) is 46.6 Å². The highest BCUT2D eigenvalue weighted by atomic mass is 79.9. The Morgan fingerprint density at radius 3 is 1.87 bits per heavy atom. The molecule has 0 radical (unpaired) electrons. The maximum Gasteiger partial charge on any atom is 0.410 e. The molecule has 1 saturated heterocycles. The summed E-state index contributed by atoms with van der Waals surface area (Å²) in [5, 5.41) is 0. The van der Waals surface area contributed by atoms with Crippen molar-refractivity contribution in [2.75, 3.05) is 19.7 Å². The van der Waals surface area contributed by atoms with Gasteiger partial charge in [-0.25, -0.2) is 13.6 Å². The van der Waals surface area contributed by atoms with E-state index >= 15 is 0 Å². The Balaban J connectivity index is 2.03. The van der Waals surface area contributed by atoms with E-state index in [0.29, 0.717) is 8.95 Å². The Hall–Kier alpha value is -2.32.